The molecule has 3 nitrogen and oxygen atoms in total. The van der Waals surface area contributed by atoms with Crippen LogP contribution < -0.4 is 4.74 Å². The van der Waals surface area contributed by atoms with Crippen LogP contribution in [0.1, 0.15) is 22.3 Å². The molecule has 0 N–H and O–H groups in total. The van der Waals surface area contributed by atoms with Crippen LogP contribution >= 0.6 is 0 Å². The second kappa shape index (κ2) is 10.1. The van der Waals surface area contributed by atoms with E-state index in [-0.39, 0.29) is 17.8 Å². The minimum absolute atomic E-state index is 0.0717. The molecule has 0 bridgehead atoms. The largest absolute Gasteiger partial charge is 0.497 e. The lowest BCUT2D eigenvalue weighted by atomic mass is 9.96. The van der Waals surface area contributed by atoms with Gasteiger partial charge in [0.2, 0.25) is 5.91 Å². The van der Waals surface area contributed by atoms with Crippen LogP contribution in [0, 0.1) is 5.82 Å². The molecule has 0 heterocycles. The first-order chi connectivity index (χ1) is 17.1. The molecule has 4 aromatic carbocycles. The molecule has 5 rings (SSSR count). The van der Waals surface area contributed by atoms with E-state index in [1.54, 1.807) is 19.2 Å². The van der Waals surface area contributed by atoms with Gasteiger partial charge in [-0.05, 0) is 70.5 Å². The molecule has 1 aliphatic rings. The van der Waals surface area contributed by atoms with E-state index < -0.39 is 0 Å². The van der Waals surface area contributed by atoms with Crippen LogP contribution in [0.25, 0.3) is 11.1 Å². The Kier molecular flexibility index (Phi) is 6.62. The summed E-state index contributed by atoms with van der Waals surface area (Å²) >= 11 is 0. The fourth-order valence-electron chi connectivity index (χ4n) is 4.97. The molecular weight excluding hydrogens is 437 g/mol. The third-order valence-corrected chi connectivity index (χ3v) is 6.80. The maximum absolute atomic E-state index is 13.9. The Labute approximate surface area is 205 Å². The summed E-state index contributed by atoms with van der Waals surface area (Å²) in [5, 5.41) is 0. The highest BCUT2D eigenvalue weighted by Crippen LogP contribution is 2.30. The number of ether oxygens (including phenoxy) is 1. The molecule has 176 valence electrons. The summed E-state index contributed by atoms with van der Waals surface area (Å²) in [4.78, 5) is 15.8. The van der Waals surface area contributed by atoms with Crippen molar-refractivity contribution in [2.24, 2.45) is 0 Å². The highest BCUT2D eigenvalue weighted by molar-refractivity contribution is 5.82. The van der Waals surface area contributed by atoms with Crippen molar-refractivity contribution < 1.29 is 13.9 Å². The summed E-state index contributed by atoms with van der Waals surface area (Å²) < 4.78 is 18.9. The second-order valence-electron chi connectivity index (χ2n) is 9.04. The van der Waals surface area contributed by atoms with Gasteiger partial charge < -0.3 is 9.64 Å². The van der Waals surface area contributed by atoms with Crippen molar-refractivity contribution in [1.82, 2.24) is 4.90 Å². The Hall–Kier alpha value is -3.92. The van der Waals surface area contributed by atoms with Crippen LogP contribution in [-0.4, -0.2) is 24.0 Å². The number of nitrogens with zero attached hydrogens (tertiary/aromatic N) is 1. The number of amides is 1. The molecule has 0 radical (unpaired) electrons. The summed E-state index contributed by atoms with van der Waals surface area (Å²) in [6.07, 6.45) is 1.96. The fourth-order valence-corrected chi connectivity index (χ4v) is 4.97. The smallest absolute Gasteiger partial charge is 0.227 e. The second-order valence-corrected chi connectivity index (χ2v) is 9.04. The highest BCUT2D eigenvalue weighted by atomic mass is 19.1. The number of hydrogen-bond acceptors (Lipinski definition) is 2. The predicted octanol–water partition coefficient (Wildman–Crippen LogP) is 6.24. The molecule has 0 saturated heterocycles. The van der Waals surface area contributed by atoms with Gasteiger partial charge >= 0.3 is 0 Å². The van der Waals surface area contributed by atoms with E-state index >= 15 is 0 Å². The van der Waals surface area contributed by atoms with E-state index in [0.717, 1.165) is 40.8 Å². The maximum Gasteiger partial charge on any atom is 0.227 e. The molecule has 35 heavy (non-hydrogen) atoms. The summed E-state index contributed by atoms with van der Waals surface area (Å²) in [7, 11) is 1.65. The monoisotopic (exact) mass is 465 g/mol. The predicted molar refractivity (Wildman–Crippen MR) is 137 cm³/mol. The first kappa shape index (κ1) is 22.9. The van der Waals surface area contributed by atoms with Crippen molar-refractivity contribution in [3.63, 3.8) is 0 Å². The Morgan fingerprint density at radius 2 is 1.57 bits per heavy atom. The van der Waals surface area contributed by atoms with Gasteiger partial charge in [0.1, 0.15) is 11.6 Å². The zero-order valence-electron chi connectivity index (χ0n) is 19.8. The maximum atomic E-state index is 13.9. The van der Waals surface area contributed by atoms with Crippen molar-refractivity contribution in [3.8, 4) is 16.9 Å². The molecule has 4 heteroatoms. The Morgan fingerprint density at radius 1 is 0.886 bits per heavy atom. The van der Waals surface area contributed by atoms with Crippen molar-refractivity contribution >= 4 is 5.91 Å². The lowest BCUT2D eigenvalue weighted by Crippen LogP contribution is -2.41. The van der Waals surface area contributed by atoms with Gasteiger partial charge in [0.05, 0.1) is 13.5 Å². The van der Waals surface area contributed by atoms with Crippen molar-refractivity contribution in [1.29, 1.82) is 0 Å². The van der Waals surface area contributed by atoms with Gasteiger partial charge in [0, 0.05) is 12.6 Å². The third kappa shape index (κ3) is 5.12. The number of rotatable bonds is 7. The minimum atomic E-state index is -0.271. The molecule has 0 unspecified atom stereocenters. The Morgan fingerprint density at radius 3 is 2.29 bits per heavy atom. The third-order valence-electron chi connectivity index (χ3n) is 6.80. The van der Waals surface area contributed by atoms with Gasteiger partial charge in [0.25, 0.3) is 0 Å². The van der Waals surface area contributed by atoms with Crippen LogP contribution in [0.3, 0.4) is 0 Å². The lowest BCUT2D eigenvalue weighted by Gasteiger charge is -2.30. The SMILES string of the molecule is COc1cccc(-c2ccccc2CC(=O)N(Cc2ccc(F)cc2)C2Cc3ccccc3C2)c1. The number of hydrogen-bond donors (Lipinski definition) is 0. The molecule has 1 amide bonds. The van der Waals surface area contributed by atoms with E-state index in [0.29, 0.717) is 13.0 Å². The average molecular weight is 466 g/mol. The van der Waals surface area contributed by atoms with Crippen LogP contribution in [0.15, 0.2) is 97.1 Å². The molecule has 1 aliphatic carbocycles. The zero-order valence-corrected chi connectivity index (χ0v) is 19.8. The van der Waals surface area contributed by atoms with Crippen LogP contribution in [0.4, 0.5) is 4.39 Å². The molecule has 0 fully saturated rings. The topological polar surface area (TPSA) is 29.5 Å². The first-order valence-electron chi connectivity index (χ1n) is 11.9. The highest BCUT2D eigenvalue weighted by Gasteiger charge is 2.30. The Balaban J connectivity index is 1.44. The standard InChI is InChI=1S/C31H28FNO2/c1-35-29-11-6-10-25(19-29)30-12-5-4-9-26(30)20-31(34)33(21-22-13-15-27(32)16-14-22)28-17-23-7-2-3-8-24(23)18-28/h2-16,19,28H,17-18,20-21H2,1H3. The van der Waals surface area contributed by atoms with E-state index in [4.69, 9.17) is 4.74 Å². The number of methoxy groups -OCH3 is 1. The van der Waals surface area contributed by atoms with Gasteiger partial charge in [-0.25, -0.2) is 4.39 Å². The molecule has 0 saturated carbocycles. The molecule has 0 spiro atoms. The van der Waals surface area contributed by atoms with Crippen LogP contribution in [-0.2, 0) is 30.6 Å². The van der Waals surface area contributed by atoms with Crippen LogP contribution in [0.5, 0.6) is 5.75 Å². The van der Waals surface area contributed by atoms with Crippen LogP contribution in [0.2, 0.25) is 0 Å². The summed E-state index contributed by atoms with van der Waals surface area (Å²) in [5.41, 5.74) is 6.54. The molecule has 0 aromatic heterocycles. The number of carbonyl (C=O) groups is 1. The fraction of sp³-hybridized carbons (Fsp3) is 0.194. The van der Waals surface area contributed by atoms with Crippen molar-refractivity contribution in [2.45, 2.75) is 31.8 Å². The molecule has 0 atom stereocenters. The van der Waals surface area contributed by atoms with Crippen molar-refractivity contribution in [2.75, 3.05) is 7.11 Å². The van der Waals surface area contributed by atoms with Crippen molar-refractivity contribution in [3.05, 3.63) is 125 Å². The van der Waals surface area contributed by atoms with E-state index in [1.165, 1.54) is 23.3 Å². The summed E-state index contributed by atoms with van der Waals surface area (Å²) in [6, 6.07) is 30.9. The summed E-state index contributed by atoms with van der Waals surface area (Å²) in [6.45, 7) is 0.457. The van der Waals surface area contributed by atoms with Gasteiger partial charge in [-0.2, -0.15) is 0 Å². The number of halogens is 1. The van der Waals surface area contributed by atoms with E-state index in [9.17, 15) is 9.18 Å². The van der Waals surface area contributed by atoms with Gasteiger partial charge in [-0.1, -0.05) is 72.8 Å². The minimum Gasteiger partial charge on any atom is -0.497 e. The van der Waals surface area contributed by atoms with E-state index in [1.807, 2.05) is 53.4 Å². The molecule has 4 aromatic rings. The molecular formula is C31H28FNO2. The average Bonchev–Trinajstić information content (AvgIpc) is 3.32. The number of fused-ring (bicyclic) bond motifs is 1. The number of carbonyl (C=O) groups excluding carboxylic acids is 1. The van der Waals surface area contributed by atoms with Gasteiger partial charge in [-0.15, -0.1) is 0 Å². The summed E-state index contributed by atoms with van der Waals surface area (Å²) in [5.74, 6) is 0.583. The van der Waals surface area contributed by atoms with E-state index in [2.05, 4.69) is 24.3 Å². The lowest BCUT2D eigenvalue weighted by molar-refractivity contribution is -0.133. The zero-order chi connectivity index (χ0) is 24.2. The normalized spacial score (nSPS) is 12.9. The van der Waals surface area contributed by atoms with Gasteiger partial charge in [0.15, 0.2) is 0 Å². The Bertz CT molecular complexity index is 1310. The molecule has 0 aliphatic heterocycles. The quantitative estimate of drug-likeness (QED) is 0.323. The van der Waals surface area contributed by atoms with Gasteiger partial charge in [-0.3, -0.25) is 4.79 Å². The first-order valence-corrected chi connectivity index (χ1v) is 11.9. The number of benzene rings is 4.